The van der Waals surface area contributed by atoms with Crippen molar-refractivity contribution in [2.75, 3.05) is 32.1 Å². The van der Waals surface area contributed by atoms with E-state index in [0.29, 0.717) is 0 Å². The second-order valence-corrected chi connectivity index (χ2v) is 8.03. The largest absolute Gasteiger partial charge is 0.373 e. The van der Waals surface area contributed by atoms with Crippen LogP contribution in [0.15, 0.2) is 42.7 Å². The first kappa shape index (κ1) is 18.8. The molecule has 1 aliphatic heterocycles. The topological polar surface area (TPSA) is 53.9 Å². The highest BCUT2D eigenvalue weighted by Gasteiger charge is 2.21. The molecule has 0 spiro atoms. The second-order valence-electron chi connectivity index (χ2n) is 7.03. The molecule has 3 aromatic heterocycles. The number of aromatic nitrogens is 3. The third-order valence-electron chi connectivity index (χ3n) is 5.03. The Kier molecular flexibility index (Phi) is 5.50. The molecule has 28 heavy (non-hydrogen) atoms. The lowest BCUT2D eigenvalue weighted by Crippen LogP contribution is -2.25. The fourth-order valence-electron chi connectivity index (χ4n) is 3.49. The van der Waals surface area contributed by atoms with Crippen LogP contribution in [0.25, 0.3) is 26.7 Å². The zero-order valence-corrected chi connectivity index (χ0v) is 17.4. The number of rotatable bonds is 5. The summed E-state index contributed by atoms with van der Waals surface area (Å²) in [6.07, 6.45) is 8.03. The summed E-state index contributed by atoms with van der Waals surface area (Å²) in [7, 11) is 4.13. The van der Waals surface area contributed by atoms with Crippen LogP contribution in [0, 0.1) is 6.92 Å². The van der Waals surface area contributed by atoms with Gasteiger partial charge in [-0.15, -0.1) is 11.3 Å². The minimum absolute atomic E-state index is 0.983. The molecule has 0 saturated heterocycles. The average Bonchev–Trinajstić information content (AvgIpc) is 3.12. The van der Waals surface area contributed by atoms with Crippen LogP contribution < -0.4 is 10.2 Å². The van der Waals surface area contributed by atoms with E-state index in [-0.39, 0.29) is 0 Å². The van der Waals surface area contributed by atoms with Gasteiger partial charge in [-0.1, -0.05) is 6.08 Å². The normalized spacial score (nSPS) is 15.1. The monoisotopic (exact) mass is 391 g/mol. The molecule has 4 rings (SSSR count). The van der Waals surface area contributed by atoms with Crippen LogP contribution in [-0.4, -0.2) is 42.1 Å². The highest BCUT2D eigenvalue weighted by Crippen LogP contribution is 2.38. The van der Waals surface area contributed by atoms with E-state index in [1.807, 2.05) is 25.4 Å². The number of thiazole rings is 1. The molecule has 0 bridgehead atoms. The van der Waals surface area contributed by atoms with Gasteiger partial charge < -0.3 is 10.2 Å². The maximum atomic E-state index is 5.09. The molecule has 4 heterocycles. The van der Waals surface area contributed by atoms with Crippen LogP contribution in [0.5, 0.6) is 0 Å². The molecular weight excluding hydrogens is 366 g/mol. The zero-order valence-electron chi connectivity index (χ0n) is 16.6. The van der Waals surface area contributed by atoms with Crippen molar-refractivity contribution in [3.8, 4) is 21.1 Å². The summed E-state index contributed by atoms with van der Waals surface area (Å²) in [5.41, 5.74) is 6.73. The minimum Gasteiger partial charge on any atom is -0.373 e. The van der Waals surface area contributed by atoms with Crippen molar-refractivity contribution in [3.05, 3.63) is 54.1 Å². The van der Waals surface area contributed by atoms with Gasteiger partial charge in [0.2, 0.25) is 0 Å². The Labute approximate surface area is 170 Å². The van der Waals surface area contributed by atoms with Crippen LogP contribution in [0.3, 0.4) is 0 Å². The quantitative estimate of drug-likeness (QED) is 0.653. The zero-order chi connectivity index (χ0) is 19.5. The molecule has 144 valence electrons. The van der Waals surface area contributed by atoms with E-state index >= 15 is 0 Å². The number of hydrogen-bond donors (Lipinski definition) is 1. The predicted octanol–water partition coefficient (Wildman–Crippen LogP) is 4.41. The molecule has 0 amide bonds. The molecule has 1 aliphatic rings. The Morgan fingerprint density at radius 3 is 2.93 bits per heavy atom. The van der Waals surface area contributed by atoms with Crippen molar-refractivity contribution in [2.45, 2.75) is 19.8 Å². The Bertz CT molecular complexity index is 993. The molecule has 0 atom stereocenters. The number of aryl methyl sites for hydroxylation is 1. The van der Waals surface area contributed by atoms with E-state index in [9.17, 15) is 0 Å². The number of anilines is 1. The summed E-state index contributed by atoms with van der Waals surface area (Å²) in [4.78, 5) is 17.5. The fraction of sp³-hybridized carbons (Fsp3) is 0.318. The van der Waals surface area contributed by atoms with Crippen LogP contribution in [0.2, 0.25) is 0 Å². The van der Waals surface area contributed by atoms with Crippen LogP contribution in [0.4, 0.5) is 5.69 Å². The Morgan fingerprint density at radius 1 is 1.25 bits per heavy atom. The Hall–Kier alpha value is -2.57. The van der Waals surface area contributed by atoms with E-state index in [4.69, 9.17) is 9.97 Å². The first-order valence-electron chi connectivity index (χ1n) is 9.61. The van der Waals surface area contributed by atoms with Crippen LogP contribution in [0.1, 0.15) is 24.2 Å². The summed E-state index contributed by atoms with van der Waals surface area (Å²) in [5, 5.41) is 4.20. The van der Waals surface area contributed by atoms with Gasteiger partial charge in [0.1, 0.15) is 5.01 Å². The molecule has 0 radical (unpaired) electrons. The molecule has 0 unspecified atom stereocenters. The lowest BCUT2D eigenvalue weighted by molar-refractivity contribution is 0.802. The fourth-order valence-corrected chi connectivity index (χ4v) is 4.51. The van der Waals surface area contributed by atoms with Gasteiger partial charge in [0.15, 0.2) is 0 Å². The van der Waals surface area contributed by atoms with Gasteiger partial charge in [-0.05, 0) is 63.2 Å². The molecule has 0 saturated carbocycles. The minimum atomic E-state index is 0.983. The summed E-state index contributed by atoms with van der Waals surface area (Å²) in [6, 6.07) is 8.32. The van der Waals surface area contributed by atoms with Crippen LogP contribution >= 0.6 is 11.3 Å². The first-order valence-corrected chi connectivity index (χ1v) is 10.4. The molecule has 1 N–H and O–H groups in total. The van der Waals surface area contributed by atoms with Gasteiger partial charge in [0.25, 0.3) is 0 Å². The Morgan fingerprint density at radius 2 is 2.14 bits per heavy atom. The number of nitrogens with one attached hydrogen (secondary N) is 1. The number of nitrogens with zero attached hydrogens (tertiary/aromatic N) is 4. The second kappa shape index (κ2) is 8.20. The van der Waals surface area contributed by atoms with Gasteiger partial charge in [-0.3, -0.25) is 4.98 Å². The standard InChI is InChI=1S/C22H25N5S/c1-15-21(28-22(25-15)17-7-5-12-24-14-17)18-8-9-19-20(26-18)16(6-4-11-23-2)10-13-27(19)3/h5-9,12,14,23H,4,10-11,13H2,1-3H3/b16-6-. The van der Waals surface area contributed by atoms with Crippen LogP contribution in [-0.2, 0) is 0 Å². The molecule has 0 fully saturated rings. The summed E-state index contributed by atoms with van der Waals surface area (Å²) in [6.45, 7) is 4.07. The van der Waals surface area contributed by atoms with E-state index in [1.165, 1.54) is 11.3 Å². The highest BCUT2D eigenvalue weighted by molar-refractivity contribution is 7.18. The molecule has 6 heteroatoms. The maximum absolute atomic E-state index is 5.09. The summed E-state index contributed by atoms with van der Waals surface area (Å²) < 4.78 is 0. The van der Waals surface area contributed by atoms with Gasteiger partial charge in [-0.25, -0.2) is 9.97 Å². The third kappa shape index (κ3) is 3.70. The van der Waals surface area contributed by atoms with Gasteiger partial charge >= 0.3 is 0 Å². The highest BCUT2D eigenvalue weighted by atomic mass is 32.1. The molecule has 3 aromatic rings. The van der Waals surface area contributed by atoms with Crippen molar-refractivity contribution < 1.29 is 0 Å². The van der Waals surface area contributed by atoms with Gasteiger partial charge in [-0.2, -0.15) is 0 Å². The van der Waals surface area contributed by atoms with Crippen molar-refractivity contribution in [1.29, 1.82) is 0 Å². The lowest BCUT2D eigenvalue weighted by atomic mass is 9.99. The average molecular weight is 392 g/mol. The van der Waals surface area contributed by atoms with Gasteiger partial charge in [0, 0.05) is 31.5 Å². The third-order valence-corrected chi connectivity index (χ3v) is 6.26. The number of fused-ring (bicyclic) bond motifs is 1. The molecule has 5 nitrogen and oxygen atoms in total. The Balaban J connectivity index is 1.73. The van der Waals surface area contributed by atoms with E-state index in [0.717, 1.165) is 58.5 Å². The van der Waals surface area contributed by atoms with E-state index < -0.39 is 0 Å². The molecular formula is C22H25N5S. The van der Waals surface area contributed by atoms with Crippen molar-refractivity contribution in [2.24, 2.45) is 0 Å². The number of pyridine rings is 2. The van der Waals surface area contributed by atoms with E-state index in [1.54, 1.807) is 17.5 Å². The maximum Gasteiger partial charge on any atom is 0.125 e. The van der Waals surface area contributed by atoms with Crippen molar-refractivity contribution in [1.82, 2.24) is 20.3 Å². The lowest BCUT2D eigenvalue weighted by Gasteiger charge is -2.29. The van der Waals surface area contributed by atoms with Crippen molar-refractivity contribution >= 4 is 22.6 Å². The van der Waals surface area contributed by atoms with Gasteiger partial charge in [0.05, 0.1) is 27.6 Å². The summed E-state index contributed by atoms with van der Waals surface area (Å²) in [5.74, 6) is 0. The smallest absolute Gasteiger partial charge is 0.125 e. The van der Waals surface area contributed by atoms with Crippen molar-refractivity contribution in [3.63, 3.8) is 0 Å². The molecule has 0 aromatic carbocycles. The summed E-state index contributed by atoms with van der Waals surface area (Å²) >= 11 is 1.68. The SMILES string of the molecule is CNCC/C=C1/CCN(C)c2ccc(-c3sc(-c4cccnc4)nc3C)nc21. The number of hydrogen-bond acceptors (Lipinski definition) is 6. The van der Waals surface area contributed by atoms with E-state index in [2.05, 4.69) is 47.4 Å². The molecule has 0 aliphatic carbocycles. The first-order chi connectivity index (χ1) is 13.7. The predicted molar refractivity (Wildman–Crippen MR) is 118 cm³/mol.